The van der Waals surface area contributed by atoms with Crippen LogP contribution in [0.25, 0.3) is 11.1 Å². The lowest BCUT2D eigenvalue weighted by Crippen LogP contribution is -1.79. The summed E-state index contributed by atoms with van der Waals surface area (Å²) in [6, 6.07) is 13.8. The minimum atomic E-state index is -0.285. The number of rotatable bonds is 1. The molecule has 2 aromatic rings. The number of phenols is 1. The highest BCUT2D eigenvalue weighted by molar-refractivity contribution is 5.63. The van der Waals surface area contributed by atoms with Crippen molar-refractivity contribution in [2.45, 2.75) is 0 Å². The Balaban J connectivity index is 2.44. The molecular formula is C12H8FO. The van der Waals surface area contributed by atoms with Crippen LogP contribution < -0.4 is 0 Å². The molecule has 1 radical (unpaired) electrons. The second-order valence-corrected chi connectivity index (χ2v) is 2.97. The predicted octanol–water partition coefficient (Wildman–Crippen LogP) is 3.00. The van der Waals surface area contributed by atoms with Crippen molar-refractivity contribution in [3.05, 3.63) is 54.3 Å². The van der Waals surface area contributed by atoms with Gasteiger partial charge in [-0.3, -0.25) is 0 Å². The van der Waals surface area contributed by atoms with Crippen molar-refractivity contribution in [3.63, 3.8) is 0 Å². The number of phenolic OH excluding ortho intramolecular Hbond substituents is 1. The van der Waals surface area contributed by atoms with Crippen LogP contribution in [0.5, 0.6) is 5.75 Å². The van der Waals surface area contributed by atoms with Gasteiger partial charge in [-0.25, -0.2) is 4.39 Å². The maximum Gasteiger partial charge on any atom is 0.123 e. The Bertz CT molecular complexity index is 434. The standard InChI is InChI=1S/C12H8FO/c13-11-3-1-2-10(8-11)9-4-6-12(14)7-5-9/h1,3-8,14H. The van der Waals surface area contributed by atoms with E-state index in [4.69, 9.17) is 5.11 Å². The molecule has 0 aromatic heterocycles. The van der Waals surface area contributed by atoms with Crippen molar-refractivity contribution < 1.29 is 9.50 Å². The number of hydrogen-bond donors (Lipinski definition) is 1. The van der Waals surface area contributed by atoms with E-state index in [1.807, 2.05) is 0 Å². The van der Waals surface area contributed by atoms with Crippen molar-refractivity contribution in [2.24, 2.45) is 0 Å². The molecule has 0 saturated heterocycles. The topological polar surface area (TPSA) is 20.2 Å². The molecule has 0 amide bonds. The SMILES string of the molecule is Oc1ccc(-c2[c]ccc(F)c2)cc1. The average Bonchev–Trinajstić information content (AvgIpc) is 2.19. The molecule has 0 fully saturated rings. The summed E-state index contributed by atoms with van der Waals surface area (Å²) in [4.78, 5) is 0. The van der Waals surface area contributed by atoms with Crippen molar-refractivity contribution >= 4 is 0 Å². The summed E-state index contributed by atoms with van der Waals surface area (Å²) in [5.41, 5.74) is 1.52. The van der Waals surface area contributed by atoms with Gasteiger partial charge in [0.05, 0.1) is 0 Å². The van der Waals surface area contributed by atoms with Crippen molar-refractivity contribution in [2.75, 3.05) is 0 Å². The summed E-state index contributed by atoms with van der Waals surface area (Å²) < 4.78 is 12.9. The highest BCUT2D eigenvalue weighted by Gasteiger charge is 1.98. The van der Waals surface area contributed by atoms with Crippen molar-refractivity contribution in [3.8, 4) is 16.9 Å². The largest absolute Gasteiger partial charge is 0.508 e. The third-order valence-corrected chi connectivity index (χ3v) is 1.94. The molecule has 69 valence electrons. The van der Waals surface area contributed by atoms with E-state index in [0.29, 0.717) is 5.56 Å². The highest BCUT2D eigenvalue weighted by atomic mass is 19.1. The van der Waals surface area contributed by atoms with Gasteiger partial charge in [0.15, 0.2) is 0 Å². The van der Waals surface area contributed by atoms with E-state index in [1.54, 1.807) is 24.3 Å². The molecule has 0 aliphatic rings. The van der Waals surface area contributed by atoms with Gasteiger partial charge in [-0.15, -0.1) is 0 Å². The summed E-state index contributed by atoms with van der Waals surface area (Å²) in [5, 5.41) is 9.07. The predicted molar refractivity (Wildman–Crippen MR) is 52.3 cm³/mol. The molecule has 2 rings (SSSR count). The molecule has 0 aliphatic heterocycles. The fourth-order valence-electron chi connectivity index (χ4n) is 1.25. The van der Waals surface area contributed by atoms with E-state index in [9.17, 15) is 4.39 Å². The zero-order chi connectivity index (χ0) is 9.97. The van der Waals surface area contributed by atoms with Crippen molar-refractivity contribution in [1.29, 1.82) is 0 Å². The van der Waals surface area contributed by atoms with Gasteiger partial charge in [0.2, 0.25) is 0 Å². The Hall–Kier alpha value is -1.83. The molecule has 0 bridgehead atoms. The lowest BCUT2D eigenvalue weighted by Gasteiger charge is -2.00. The first-order valence-corrected chi connectivity index (χ1v) is 4.22. The molecule has 14 heavy (non-hydrogen) atoms. The number of benzene rings is 2. The maximum absolute atomic E-state index is 12.9. The zero-order valence-corrected chi connectivity index (χ0v) is 7.37. The Morgan fingerprint density at radius 3 is 2.43 bits per heavy atom. The molecule has 0 spiro atoms. The summed E-state index contributed by atoms with van der Waals surface area (Å²) >= 11 is 0. The van der Waals surface area contributed by atoms with Gasteiger partial charge in [0.1, 0.15) is 11.6 Å². The van der Waals surface area contributed by atoms with E-state index in [2.05, 4.69) is 6.07 Å². The second kappa shape index (κ2) is 3.50. The fourth-order valence-corrected chi connectivity index (χ4v) is 1.25. The smallest absolute Gasteiger partial charge is 0.123 e. The number of hydrogen-bond acceptors (Lipinski definition) is 1. The van der Waals surface area contributed by atoms with Crippen LogP contribution >= 0.6 is 0 Å². The fraction of sp³-hybridized carbons (Fsp3) is 0. The van der Waals surface area contributed by atoms with Gasteiger partial charge in [0.25, 0.3) is 0 Å². The Morgan fingerprint density at radius 2 is 1.79 bits per heavy atom. The molecule has 0 saturated carbocycles. The average molecular weight is 187 g/mol. The van der Waals surface area contributed by atoms with E-state index in [-0.39, 0.29) is 11.6 Å². The van der Waals surface area contributed by atoms with Gasteiger partial charge >= 0.3 is 0 Å². The summed E-state index contributed by atoms with van der Waals surface area (Å²) in [5.74, 6) is -0.0861. The van der Waals surface area contributed by atoms with Crippen LogP contribution in [0.15, 0.2) is 42.5 Å². The molecule has 0 aliphatic carbocycles. The monoisotopic (exact) mass is 187 g/mol. The number of aromatic hydroxyl groups is 1. The normalized spacial score (nSPS) is 10.1. The Morgan fingerprint density at radius 1 is 1.07 bits per heavy atom. The highest BCUT2D eigenvalue weighted by Crippen LogP contribution is 2.21. The van der Waals surface area contributed by atoms with Crippen LogP contribution in [0.3, 0.4) is 0 Å². The van der Waals surface area contributed by atoms with Gasteiger partial charge in [-0.05, 0) is 41.5 Å². The molecule has 0 atom stereocenters. The molecule has 2 heteroatoms. The molecule has 2 aromatic carbocycles. The quantitative estimate of drug-likeness (QED) is 0.727. The van der Waals surface area contributed by atoms with E-state index >= 15 is 0 Å². The first-order valence-electron chi connectivity index (χ1n) is 4.22. The molecule has 0 heterocycles. The van der Waals surface area contributed by atoms with E-state index < -0.39 is 0 Å². The zero-order valence-electron chi connectivity index (χ0n) is 7.37. The lowest BCUT2D eigenvalue weighted by atomic mass is 10.1. The van der Waals surface area contributed by atoms with Crippen LogP contribution in [-0.4, -0.2) is 5.11 Å². The van der Waals surface area contributed by atoms with Crippen LogP contribution in [0.1, 0.15) is 0 Å². The van der Waals surface area contributed by atoms with Gasteiger partial charge in [-0.1, -0.05) is 18.2 Å². The Kier molecular flexibility index (Phi) is 2.19. The van der Waals surface area contributed by atoms with Crippen LogP contribution in [0.2, 0.25) is 0 Å². The third kappa shape index (κ3) is 1.74. The first-order chi connectivity index (χ1) is 6.75. The lowest BCUT2D eigenvalue weighted by molar-refractivity contribution is 0.475. The summed E-state index contributed by atoms with van der Waals surface area (Å²) in [7, 11) is 0. The molecule has 1 N–H and O–H groups in total. The van der Waals surface area contributed by atoms with Gasteiger partial charge in [-0.2, -0.15) is 0 Å². The summed E-state index contributed by atoms with van der Waals surface area (Å²) in [6.45, 7) is 0. The first kappa shape index (κ1) is 8.75. The minimum Gasteiger partial charge on any atom is -0.508 e. The van der Waals surface area contributed by atoms with Crippen LogP contribution in [0.4, 0.5) is 4.39 Å². The molecule has 0 unspecified atom stereocenters. The number of halogens is 1. The van der Waals surface area contributed by atoms with E-state index in [0.717, 1.165) is 5.56 Å². The minimum absolute atomic E-state index is 0.199. The van der Waals surface area contributed by atoms with Crippen LogP contribution in [0, 0.1) is 11.9 Å². The van der Waals surface area contributed by atoms with Crippen molar-refractivity contribution in [1.82, 2.24) is 0 Å². The van der Waals surface area contributed by atoms with Crippen LogP contribution in [-0.2, 0) is 0 Å². The third-order valence-electron chi connectivity index (χ3n) is 1.94. The van der Waals surface area contributed by atoms with E-state index in [1.165, 1.54) is 18.2 Å². The Labute approximate surface area is 81.4 Å². The molecule has 1 nitrogen and oxygen atoms in total. The van der Waals surface area contributed by atoms with Gasteiger partial charge in [0, 0.05) is 0 Å². The molecular weight excluding hydrogens is 179 g/mol. The second-order valence-electron chi connectivity index (χ2n) is 2.97. The van der Waals surface area contributed by atoms with Gasteiger partial charge < -0.3 is 5.11 Å². The summed E-state index contributed by atoms with van der Waals surface area (Å²) in [6.07, 6.45) is 0. The maximum atomic E-state index is 12.9.